The number of nitrogens with zero attached hydrogens (tertiary/aromatic N) is 3. The van der Waals surface area contributed by atoms with Gasteiger partial charge >= 0.3 is 0 Å². The third-order valence-electron chi connectivity index (χ3n) is 6.33. The molecule has 2 radical (unpaired) electrons. The summed E-state index contributed by atoms with van der Waals surface area (Å²) in [7, 11) is 8.03. The van der Waals surface area contributed by atoms with Crippen LogP contribution in [0.5, 0.6) is 0 Å². The van der Waals surface area contributed by atoms with E-state index in [0.29, 0.717) is 23.1 Å². The van der Waals surface area contributed by atoms with E-state index in [1.807, 2.05) is 60.0 Å². The first-order chi connectivity index (χ1) is 15.4. The van der Waals surface area contributed by atoms with E-state index in [1.165, 1.54) is 5.69 Å². The molecule has 0 atom stereocenters. The predicted molar refractivity (Wildman–Crippen MR) is 129 cm³/mol. The normalized spacial score (nSPS) is 14.4. The predicted octanol–water partition coefficient (Wildman–Crippen LogP) is 2.73. The number of hydrogen-bond acceptors (Lipinski definition) is 3. The molecule has 0 amide bonds. The summed E-state index contributed by atoms with van der Waals surface area (Å²) in [5.74, 6) is -0.266. The Morgan fingerprint density at radius 1 is 1.09 bits per heavy atom. The summed E-state index contributed by atoms with van der Waals surface area (Å²) in [4.78, 5) is 31.1. The number of pyridine rings is 2. The average Bonchev–Trinajstić information content (AvgIpc) is 3.53. The molecule has 0 saturated carbocycles. The second kappa shape index (κ2) is 7.57. The van der Waals surface area contributed by atoms with Gasteiger partial charge in [-0.2, -0.15) is 0 Å². The van der Waals surface area contributed by atoms with E-state index in [2.05, 4.69) is 12.0 Å². The zero-order valence-electron chi connectivity index (χ0n) is 18.2. The van der Waals surface area contributed by atoms with Crippen LogP contribution in [0.3, 0.4) is 0 Å². The quantitative estimate of drug-likeness (QED) is 0.216. The monoisotopic (exact) mass is 420 g/mol. The SMILES string of the molecule is [B]c1cccc(Cn2cc(C(=O)c3ccc([N+]4(C)CC4)c(C)c3)c(=O)c3ccccc32)n1. The minimum atomic E-state index is -0.266. The first-order valence-corrected chi connectivity index (χ1v) is 10.7. The van der Waals surface area contributed by atoms with Gasteiger partial charge in [-0.3, -0.25) is 19.1 Å². The second-order valence-corrected chi connectivity index (χ2v) is 8.74. The van der Waals surface area contributed by atoms with E-state index in [0.717, 1.165) is 34.3 Å². The number of aromatic nitrogens is 2. The number of carbonyl (C=O) groups excluding carboxylic acids is 1. The molecule has 0 bridgehead atoms. The summed E-state index contributed by atoms with van der Waals surface area (Å²) in [5.41, 5.74) is 4.67. The molecule has 2 aromatic carbocycles. The van der Waals surface area contributed by atoms with Crippen molar-refractivity contribution in [3.63, 3.8) is 0 Å². The van der Waals surface area contributed by atoms with Crippen molar-refractivity contribution in [1.29, 1.82) is 0 Å². The summed E-state index contributed by atoms with van der Waals surface area (Å²) in [6, 6.07) is 18.5. The molecular formula is C26H23BN3O2+. The summed E-state index contributed by atoms with van der Waals surface area (Å²) >= 11 is 0. The van der Waals surface area contributed by atoms with Gasteiger partial charge in [0, 0.05) is 28.8 Å². The van der Waals surface area contributed by atoms with E-state index < -0.39 is 0 Å². The second-order valence-electron chi connectivity index (χ2n) is 8.74. The van der Waals surface area contributed by atoms with Gasteiger partial charge in [0.15, 0.2) is 5.78 Å². The fraction of sp³-hybridized carbons (Fsp3) is 0.192. The van der Waals surface area contributed by atoms with E-state index in [-0.39, 0.29) is 16.8 Å². The number of carbonyl (C=O) groups is 1. The van der Waals surface area contributed by atoms with Crippen LogP contribution in [0.2, 0.25) is 0 Å². The first kappa shape index (κ1) is 20.4. The van der Waals surface area contributed by atoms with Crippen LogP contribution in [0.15, 0.2) is 71.7 Å². The van der Waals surface area contributed by atoms with Crippen LogP contribution in [0, 0.1) is 6.92 Å². The number of benzene rings is 2. The lowest BCUT2D eigenvalue weighted by atomic mass is 9.99. The van der Waals surface area contributed by atoms with Crippen molar-refractivity contribution in [2.75, 3.05) is 20.1 Å². The van der Waals surface area contributed by atoms with E-state index in [1.54, 1.807) is 18.3 Å². The van der Waals surface area contributed by atoms with Gasteiger partial charge in [0.1, 0.15) is 26.6 Å². The van der Waals surface area contributed by atoms with Crippen LogP contribution in [-0.2, 0) is 6.54 Å². The van der Waals surface area contributed by atoms with Gasteiger partial charge in [-0.05, 0) is 42.8 Å². The average molecular weight is 420 g/mol. The minimum absolute atomic E-state index is 0.159. The zero-order valence-corrected chi connectivity index (χ0v) is 18.2. The topological polar surface area (TPSA) is 52.0 Å². The highest BCUT2D eigenvalue weighted by Crippen LogP contribution is 2.33. The summed E-state index contributed by atoms with van der Waals surface area (Å²) in [6.45, 7) is 4.65. The molecule has 0 unspecified atom stereocenters. The number of likely N-dealkylation sites (N-methyl/N-ethyl adjacent to an activating group) is 1. The van der Waals surface area contributed by atoms with Crippen molar-refractivity contribution >= 4 is 35.8 Å². The zero-order chi connectivity index (χ0) is 22.5. The van der Waals surface area contributed by atoms with Crippen LogP contribution in [0.25, 0.3) is 10.9 Å². The Kier molecular flexibility index (Phi) is 4.83. The molecule has 3 heterocycles. The maximum atomic E-state index is 13.4. The highest BCUT2D eigenvalue weighted by atomic mass is 16.1. The molecule has 1 saturated heterocycles. The van der Waals surface area contributed by atoms with Gasteiger partial charge in [0.2, 0.25) is 5.43 Å². The Balaban J connectivity index is 1.61. The van der Waals surface area contributed by atoms with Gasteiger partial charge in [0.05, 0.1) is 30.4 Å². The van der Waals surface area contributed by atoms with Crippen molar-refractivity contribution in [1.82, 2.24) is 14.0 Å². The number of ketones is 1. The molecule has 2 aromatic heterocycles. The number of quaternary nitrogens is 1. The van der Waals surface area contributed by atoms with Crippen molar-refractivity contribution in [3.05, 3.63) is 99.5 Å². The number of para-hydroxylation sites is 1. The summed E-state index contributed by atoms with van der Waals surface area (Å²) in [6.07, 6.45) is 1.65. The number of aryl methyl sites for hydroxylation is 1. The molecule has 0 spiro atoms. The number of hydrogen-bond donors (Lipinski definition) is 0. The molecule has 0 aliphatic carbocycles. The van der Waals surface area contributed by atoms with Gasteiger partial charge in [0.25, 0.3) is 0 Å². The lowest BCUT2D eigenvalue weighted by Gasteiger charge is -2.15. The van der Waals surface area contributed by atoms with Crippen molar-refractivity contribution in [2.45, 2.75) is 13.5 Å². The molecule has 0 N–H and O–H groups in total. The maximum absolute atomic E-state index is 13.4. The fourth-order valence-corrected chi connectivity index (χ4v) is 4.35. The standard InChI is InChI=1S/C26H23BN3O2/c1-17-14-18(10-11-23(17)30(2)12-13-30)25(31)21-16-29(15-19-6-5-9-24(27)28-19)22-8-4-3-7-20(22)26(21)32/h3-11,14,16H,12-13,15H2,1-2H3/q+1. The smallest absolute Gasteiger partial charge is 0.200 e. The maximum Gasteiger partial charge on any atom is 0.200 e. The van der Waals surface area contributed by atoms with E-state index in [4.69, 9.17) is 7.85 Å². The van der Waals surface area contributed by atoms with Crippen LogP contribution in [0.4, 0.5) is 5.69 Å². The molecule has 1 aliphatic heterocycles. The Labute approximate surface area is 188 Å². The molecule has 32 heavy (non-hydrogen) atoms. The Morgan fingerprint density at radius 3 is 2.59 bits per heavy atom. The largest absolute Gasteiger partial charge is 0.340 e. The van der Waals surface area contributed by atoms with Crippen molar-refractivity contribution < 1.29 is 4.79 Å². The molecule has 5 rings (SSSR count). The molecule has 1 aliphatic rings. The molecule has 5 nitrogen and oxygen atoms in total. The van der Waals surface area contributed by atoms with Crippen LogP contribution in [0.1, 0.15) is 27.2 Å². The highest BCUT2D eigenvalue weighted by molar-refractivity contribution is 6.30. The first-order valence-electron chi connectivity index (χ1n) is 10.7. The Morgan fingerprint density at radius 2 is 1.88 bits per heavy atom. The van der Waals surface area contributed by atoms with Crippen LogP contribution in [-0.4, -0.2) is 43.3 Å². The van der Waals surface area contributed by atoms with Gasteiger partial charge in [-0.25, -0.2) is 0 Å². The number of rotatable bonds is 5. The van der Waals surface area contributed by atoms with Crippen molar-refractivity contribution in [3.8, 4) is 0 Å². The van der Waals surface area contributed by atoms with Gasteiger partial charge in [-0.1, -0.05) is 24.3 Å². The summed E-state index contributed by atoms with van der Waals surface area (Å²) < 4.78 is 2.80. The Hall–Kier alpha value is -3.51. The van der Waals surface area contributed by atoms with Crippen LogP contribution < -0.4 is 15.5 Å². The molecular weight excluding hydrogens is 397 g/mol. The summed E-state index contributed by atoms with van der Waals surface area (Å²) in [5, 5.41) is 0.512. The number of fused-ring (bicyclic) bond motifs is 1. The Bertz CT molecular complexity index is 1440. The lowest BCUT2D eigenvalue weighted by molar-refractivity contribution is 0.103. The van der Waals surface area contributed by atoms with Gasteiger partial charge in [-0.15, -0.1) is 0 Å². The molecule has 156 valence electrons. The highest BCUT2D eigenvalue weighted by Gasteiger charge is 2.40. The fourth-order valence-electron chi connectivity index (χ4n) is 4.35. The van der Waals surface area contributed by atoms with Crippen molar-refractivity contribution in [2.24, 2.45) is 0 Å². The van der Waals surface area contributed by atoms with E-state index in [9.17, 15) is 9.59 Å². The molecule has 4 aromatic rings. The third-order valence-corrected chi connectivity index (χ3v) is 6.33. The lowest BCUT2D eigenvalue weighted by Crippen LogP contribution is -2.22. The van der Waals surface area contributed by atoms with Crippen LogP contribution >= 0.6 is 0 Å². The van der Waals surface area contributed by atoms with Gasteiger partial charge < -0.3 is 4.57 Å². The third kappa shape index (κ3) is 3.57. The minimum Gasteiger partial charge on any atom is -0.340 e. The molecule has 1 fully saturated rings. The van der Waals surface area contributed by atoms with E-state index >= 15 is 0 Å². The molecule has 6 heteroatoms.